The fourth-order valence-corrected chi connectivity index (χ4v) is 4.23. The summed E-state index contributed by atoms with van der Waals surface area (Å²) in [6.45, 7) is -0.308. The van der Waals surface area contributed by atoms with Crippen molar-refractivity contribution in [3.05, 3.63) is 71.5 Å². The van der Waals surface area contributed by atoms with Gasteiger partial charge >= 0.3 is 12.1 Å². The Morgan fingerprint density at radius 2 is 1.79 bits per heavy atom. The van der Waals surface area contributed by atoms with Gasteiger partial charge in [-0.25, -0.2) is 13.2 Å². The van der Waals surface area contributed by atoms with Gasteiger partial charge in [0.05, 0.1) is 36.1 Å². The quantitative estimate of drug-likeness (QED) is 0.491. The SMILES string of the molecule is COc1ccccc1N(C)S(=O)(=O)c1ccc(C(=O)OCCc2cn[nH]c2C(F)(F)F)cc1. The molecule has 0 aliphatic heterocycles. The van der Waals surface area contributed by atoms with Crippen LogP contribution in [0.3, 0.4) is 0 Å². The third kappa shape index (κ3) is 5.28. The molecule has 0 saturated heterocycles. The van der Waals surface area contributed by atoms with Crippen molar-refractivity contribution in [3.63, 3.8) is 0 Å². The molecular weight excluding hydrogens is 463 g/mol. The number of nitrogens with zero attached hydrogens (tertiary/aromatic N) is 2. The van der Waals surface area contributed by atoms with E-state index in [-0.39, 0.29) is 29.1 Å². The van der Waals surface area contributed by atoms with Gasteiger partial charge in [-0.15, -0.1) is 0 Å². The minimum Gasteiger partial charge on any atom is -0.495 e. The molecule has 3 aromatic rings. The number of aromatic nitrogens is 2. The highest BCUT2D eigenvalue weighted by atomic mass is 32.2. The van der Waals surface area contributed by atoms with E-state index in [1.165, 1.54) is 38.4 Å². The normalized spacial score (nSPS) is 11.8. The summed E-state index contributed by atoms with van der Waals surface area (Å²) in [6, 6.07) is 11.6. The topological polar surface area (TPSA) is 102 Å². The van der Waals surface area contributed by atoms with Crippen LogP contribution >= 0.6 is 0 Å². The Kier molecular flexibility index (Phi) is 6.96. The Hall–Kier alpha value is -3.54. The van der Waals surface area contributed by atoms with E-state index in [0.29, 0.717) is 11.4 Å². The van der Waals surface area contributed by atoms with Crippen molar-refractivity contribution >= 4 is 21.7 Å². The molecule has 0 aliphatic carbocycles. The average molecular weight is 483 g/mol. The van der Waals surface area contributed by atoms with Gasteiger partial charge in [-0.3, -0.25) is 9.40 Å². The summed E-state index contributed by atoms with van der Waals surface area (Å²) in [4.78, 5) is 12.1. The van der Waals surface area contributed by atoms with Crippen LogP contribution in [0.15, 0.2) is 59.6 Å². The first-order valence-corrected chi connectivity index (χ1v) is 11.0. The van der Waals surface area contributed by atoms with Crippen molar-refractivity contribution in [3.8, 4) is 5.75 Å². The van der Waals surface area contributed by atoms with E-state index in [1.807, 2.05) is 5.10 Å². The summed E-state index contributed by atoms with van der Waals surface area (Å²) in [5, 5.41) is 5.25. The molecule has 0 radical (unpaired) electrons. The number of benzene rings is 2. The van der Waals surface area contributed by atoms with Crippen molar-refractivity contribution < 1.29 is 35.9 Å². The predicted octanol–water partition coefficient (Wildman–Crippen LogP) is 3.66. The van der Waals surface area contributed by atoms with Crippen LogP contribution in [0, 0.1) is 0 Å². The third-order valence-electron chi connectivity index (χ3n) is 4.78. The van der Waals surface area contributed by atoms with Crippen LogP contribution in [0.5, 0.6) is 5.75 Å². The van der Waals surface area contributed by atoms with E-state index in [2.05, 4.69) is 5.10 Å². The van der Waals surface area contributed by atoms with Gasteiger partial charge in [-0.1, -0.05) is 12.1 Å². The number of esters is 1. The largest absolute Gasteiger partial charge is 0.495 e. The minimum absolute atomic E-state index is 0.0529. The van der Waals surface area contributed by atoms with E-state index in [1.54, 1.807) is 24.3 Å². The zero-order valence-corrected chi connectivity index (χ0v) is 18.4. The second kappa shape index (κ2) is 9.53. The number of sulfonamides is 1. The lowest BCUT2D eigenvalue weighted by molar-refractivity contribution is -0.141. The lowest BCUT2D eigenvalue weighted by Crippen LogP contribution is -2.27. The molecule has 3 rings (SSSR count). The molecule has 8 nitrogen and oxygen atoms in total. The number of nitrogens with one attached hydrogen (secondary N) is 1. The van der Waals surface area contributed by atoms with Crippen LogP contribution in [-0.2, 0) is 27.4 Å². The Morgan fingerprint density at radius 3 is 2.42 bits per heavy atom. The molecule has 0 aliphatic rings. The van der Waals surface area contributed by atoms with Gasteiger partial charge in [-0.05, 0) is 36.4 Å². The van der Waals surface area contributed by atoms with Crippen molar-refractivity contribution in [2.24, 2.45) is 0 Å². The van der Waals surface area contributed by atoms with Gasteiger partial charge in [0.25, 0.3) is 10.0 Å². The maximum absolute atomic E-state index is 13.0. The van der Waals surface area contributed by atoms with Crippen LogP contribution in [0.25, 0.3) is 0 Å². The van der Waals surface area contributed by atoms with Gasteiger partial charge in [-0.2, -0.15) is 18.3 Å². The number of alkyl halides is 3. The summed E-state index contributed by atoms with van der Waals surface area (Å²) < 4.78 is 75.7. The fraction of sp³-hybridized carbons (Fsp3) is 0.238. The number of hydrogen-bond donors (Lipinski definition) is 1. The number of para-hydroxylation sites is 2. The number of aromatic amines is 1. The molecule has 0 atom stereocenters. The summed E-state index contributed by atoms with van der Waals surface area (Å²) in [7, 11) is -1.15. The van der Waals surface area contributed by atoms with E-state index in [0.717, 1.165) is 10.5 Å². The number of hydrogen-bond acceptors (Lipinski definition) is 6. The molecule has 2 aromatic carbocycles. The average Bonchev–Trinajstić information content (AvgIpc) is 3.28. The highest BCUT2D eigenvalue weighted by molar-refractivity contribution is 7.92. The standard InChI is InChI=1S/C21H20F3N3O5S/c1-27(17-5-3-4-6-18(17)31-2)33(29,30)16-9-7-14(8-10-16)20(28)32-12-11-15-13-25-26-19(15)21(22,23)24/h3-10,13H,11-12H2,1-2H3,(H,25,26). The highest BCUT2D eigenvalue weighted by Crippen LogP contribution is 2.31. The Morgan fingerprint density at radius 1 is 1.12 bits per heavy atom. The molecular formula is C21H20F3N3O5S. The van der Waals surface area contributed by atoms with Crippen molar-refractivity contribution in [2.45, 2.75) is 17.5 Å². The monoisotopic (exact) mass is 483 g/mol. The minimum atomic E-state index is -4.59. The molecule has 0 amide bonds. The number of ether oxygens (including phenoxy) is 2. The Balaban J connectivity index is 1.67. The second-order valence-corrected chi connectivity index (χ2v) is 8.79. The maximum atomic E-state index is 13.0. The number of carbonyl (C=O) groups excluding carboxylic acids is 1. The fourth-order valence-electron chi connectivity index (χ4n) is 3.02. The smallest absolute Gasteiger partial charge is 0.433 e. The van der Waals surface area contributed by atoms with E-state index in [4.69, 9.17) is 9.47 Å². The van der Waals surface area contributed by atoms with Gasteiger partial charge in [0.2, 0.25) is 0 Å². The van der Waals surface area contributed by atoms with Crippen LogP contribution < -0.4 is 9.04 Å². The van der Waals surface area contributed by atoms with Gasteiger partial charge in [0.1, 0.15) is 11.4 Å². The van der Waals surface area contributed by atoms with Gasteiger partial charge in [0, 0.05) is 19.0 Å². The van der Waals surface area contributed by atoms with Gasteiger partial charge in [0.15, 0.2) is 0 Å². The molecule has 1 aromatic heterocycles. The number of anilines is 1. The Labute approximate surface area is 188 Å². The molecule has 12 heteroatoms. The lowest BCUT2D eigenvalue weighted by Gasteiger charge is -2.21. The second-order valence-electron chi connectivity index (χ2n) is 6.82. The molecule has 0 saturated carbocycles. The highest BCUT2D eigenvalue weighted by Gasteiger charge is 2.35. The number of methoxy groups -OCH3 is 1. The molecule has 0 spiro atoms. The van der Waals surface area contributed by atoms with Crippen LogP contribution in [0.4, 0.5) is 18.9 Å². The zero-order valence-electron chi connectivity index (χ0n) is 17.6. The summed E-state index contributed by atoms with van der Waals surface area (Å²) in [5.41, 5.74) is -0.735. The first-order valence-electron chi connectivity index (χ1n) is 9.54. The molecule has 0 fully saturated rings. The zero-order chi connectivity index (χ0) is 24.2. The van der Waals surface area contributed by atoms with Gasteiger partial charge < -0.3 is 9.47 Å². The molecule has 1 heterocycles. The van der Waals surface area contributed by atoms with Crippen molar-refractivity contribution in [1.82, 2.24) is 10.2 Å². The predicted molar refractivity (Wildman–Crippen MR) is 113 cm³/mol. The van der Waals surface area contributed by atoms with Crippen LogP contribution in [-0.4, -0.2) is 45.3 Å². The third-order valence-corrected chi connectivity index (χ3v) is 6.56. The lowest BCUT2D eigenvalue weighted by atomic mass is 10.2. The maximum Gasteiger partial charge on any atom is 0.433 e. The van der Waals surface area contributed by atoms with Crippen LogP contribution in [0.2, 0.25) is 0 Å². The number of carbonyl (C=O) groups is 1. The van der Waals surface area contributed by atoms with E-state index >= 15 is 0 Å². The summed E-state index contributed by atoms with van der Waals surface area (Å²) in [5.74, 6) is -0.427. The number of halogens is 3. The number of H-pyrrole nitrogens is 1. The van der Waals surface area contributed by atoms with Crippen LogP contribution in [0.1, 0.15) is 21.6 Å². The summed E-state index contributed by atoms with van der Waals surface area (Å²) >= 11 is 0. The molecule has 33 heavy (non-hydrogen) atoms. The van der Waals surface area contributed by atoms with E-state index in [9.17, 15) is 26.4 Å². The first-order chi connectivity index (χ1) is 15.6. The Bertz CT molecular complexity index is 1220. The van der Waals surface area contributed by atoms with Crippen molar-refractivity contribution in [1.29, 1.82) is 0 Å². The molecule has 0 bridgehead atoms. The first kappa shape index (κ1) is 24.1. The molecule has 176 valence electrons. The van der Waals surface area contributed by atoms with Crippen molar-refractivity contribution in [2.75, 3.05) is 25.1 Å². The molecule has 1 N–H and O–H groups in total. The van der Waals surface area contributed by atoms with E-state index < -0.39 is 27.9 Å². The number of rotatable bonds is 8. The molecule has 0 unspecified atom stereocenters. The summed E-state index contributed by atoms with van der Waals surface area (Å²) in [6.07, 6.45) is -3.75.